The summed E-state index contributed by atoms with van der Waals surface area (Å²) in [6, 6.07) is 7.15. The van der Waals surface area contributed by atoms with E-state index in [2.05, 4.69) is 26.5 Å². The first-order valence-electron chi connectivity index (χ1n) is 11.6. The van der Waals surface area contributed by atoms with Gasteiger partial charge < -0.3 is 10.6 Å². The first-order chi connectivity index (χ1) is 16.7. The highest BCUT2D eigenvalue weighted by atomic mass is 19.1. The van der Waals surface area contributed by atoms with Gasteiger partial charge in [0.05, 0.1) is 11.9 Å². The molecule has 172 valence electrons. The van der Waals surface area contributed by atoms with E-state index in [1.807, 2.05) is 12.1 Å². The summed E-state index contributed by atoms with van der Waals surface area (Å²) in [6.45, 7) is 1.82. The Morgan fingerprint density at radius 3 is 2.79 bits per heavy atom. The molecular weight excluding hydrogens is 433 g/mol. The van der Waals surface area contributed by atoms with Gasteiger partial charge in [0.1, 0.15) is 22.9 Å². The molecule has 1 amide bonds. The zero-order valence-electron chi connectivity index (χ0n) is 18.5. The maximum atomic E-state index is 15.2. The summed E-state index contributed by atoms with van der Waals surface area (Å²) in [5.74, 6) is 0.794. The number of aliphatic imine (C=N–C) groups is 1. The van der Waals surface area contributed by atoms with E-state index in [9.17, 15) is 4.79 Å². The quantitative estimate of drug-likeness (QED) is 0.673. The number of allylic oxidation sites excluding steroid dienone is 1. The average molecular weight is 458 g/mol. The minimum atomic E-state index is -0.409. The van der Waals surface area contributed by atoms with Gasteiger partial charge >= 0.3 is 0 Å². The highest BCUT2D eigenvalue weighted by molar-refractivity contribution is 6.17. The van der Waals surface area contributed by atoms with Gasteiger partial charge in [-0.3, -0.25) is 4.79 Å². The van der Waals surface area contributed by atoms with Crippen LogP contribution in [-0.4, -0.2) is 46.2 Å². The Hall–Kier alpha value is -3.81. The molecule has 1 aromatic carbocycles. The van der Waals surface area contributed by atoms with Crippen LogP contribution in [0.15, 0.2) is 63.8 Å². The number of nitrogens with one attached hydrogen (secondary N) is 2. The van der Waals surface area contributed by atoms with Gasteiger partial charge in [-0.25, -0.2) is 19.1 Å². The molecule has 8 nitrogen and oxygen atoms in total. The summed E-state index contributed by atoms with van der Waals surface area (Å²) in [4.78, 5) is 17.3. The van der Waals surface area contributed by atoms with Crippen molar-refractivity contribution in [3.63, 3.8) is 0 Å². The van der Waals surface area contributed by atoms with Gasteiger partial charge in [0.25, 0.3) is 5.91 Å². The Bertz CT molecular complexity index is 1300. The molecule has 2 N–H and O–H groups in total. The van der Waals surface area contributed by atoms with Crippen molar-refractivity contribution in [1.29, 1.82) is 0 Å². The number of rotatable bonds is 5. The van der Waals surface area contributed by atoms with Crippen LogP contribution < -0.4 is 10.6 Å². The number of nitrogens with zero attached hydrogens (tertiary/aromatic N) is 5. The number of benzene rings is 1. The minimum absolute atomic E-state index is 0.236. The molecule has 0 radical (unpaired) electrons. The van der Waals surface area contributed by atoms with E-state index in [1.54, 1.807) is 30.6 Å². The lowest BCUT2D eigenvalue weighted by molar-refractivity contribution is -0.112. The summed E-state index contributed by atoms with van der Waals surface area (Å²) in [5, 5.41) is 16.8. The van der Waals surface area contributed by atoms with Gasteiger partial charge in [-0.05, 0) is 68.5 Å². The SMILES string of the molecule is O=C(Nc1cc(C2CCNCC2)nn1-c1ccc(C2CC2)cc1F)C1=C=C2N=CC=CN2N=C1. The maximum absolute atomic E-state index is 15.2. The standard InChI is InChI=1S/C25H24FN7O/c26-20-12-18(16-2-3-16)4-5-22(20)33-24(14-21(31-33)17-6-9-27-10-7-17)30-25(34)19-13-23-28-8-1-11-32(23)29-15-19/h1,4-5,8,11-12,14-17,27H,2-3,6-7,9-10H2,(H,30,34). The summed E-state index contributed by atoms with van der Waals surface area (Å²) >= 11 is 0. The molecule has 0 spiro atoms. The number of amides is 1. The lowest BCUT2D eigenvalue weighted by Crippen LogP contribution is -2.26. The monoisotopic (exact) mass is 457 g/mol. The molecule has 1 aliphatic carbocycles. The molecule has 3 aliphatic heterocycles. The highest BCUT2D eigenvalue weighted by Gasteiger charge is 2.26. The molecule has 0 unspecified atom stereocenters. The van der Waals surface area contributed by atoms with Crippen molar-refractivity contribution < 1.29 is 9.18 Å². The summed E-state index contributed by atoms with van der Waals surface area (Å²) in [6.07, 6.45) is 10.6. The molecule has 0 atom stereocenters. The van der Waals surface area contributed by atoms with Crippen molar-refractivity contribution in [3.05, 3.63) is 70.7 Å². The summed E-state index contributed by atoms with van der Waals surface area (Å²) in [7, 11) is 0. The van der Waals surface area contributed by atoms with Crippen molar-refractivity contribution in [2.24, 2.45) is 10.1 Å². The predicted molar refractivity (Wildman–Crippen MR) is 127 cm³/mol. The third kappa shape index (κ3) is 4.00. The zero-order valence-corrected chi connectivity index (χ0v) is 18.5. The van der Waals surface area contributed by atoms with Crippen molar-refractivity contribution in [1.82, 2.24) is 20.1 Å². The Kier molecular flexibility index (Phi) is 5.20. The van der Waals surface area contributed by atoms with Crippen molar-refractivity contribution in [2.45, 2.75) is 37.5 Å². The maximum Gasteiger partial charge on any atom is 0.266 e. The van der Waals surface area contributed by atoms with Crippen LogP contribution in [0.3, 0.4) is 0 Å². The van der Waals surface area contributed by atoms with Crippen LogP contribution in [0.2, 0.25) is 0 Å². The van der Waals surface area contributed by atoms with Gasteiger partial charge in [-0.2, -0.15) is 10.2 Å². The number of aromatic nitrogens is 2. The van der Waals surface area contributed by atoms with E-state index in [-0.39, 0.29) is 17.3 Å². The molecule has 34 heavy (non-hydrogen) atoms. The lowest BCUT2D eigenvalue weighted by atomic mass is 9.95. The smallest absolute Gasteiger partial charge is 0.266 e. The number of piperidine rings is 1. The molecule has 1 aromatic heterocycles. The first-order valence-corrected chi connectivity index (χ1v) is 11.6. The third-order valence-corrected chi connectivity index (χ3v) is 6.51. The fourth-order valence-electron chi connectivity index (χ4n) is 4.47. The van der Waals surface area contributed by atoms with E-state index in [0.29, 0.717) is 23.2 Å². The van der Waals surface area contributed by atoms with Gasteiger partial charge in [-0.15, -0.1) is 0 Å². The predicted octanol–water partition coefficient (Wildman–Crippen LogP) is 3.56. The number of anilines is 1. The first kappa shape index (κ1) is 20.8. The van der Waals surface area contributed by atoms with E-state index in [4.69, 9.17) is 5.10 Å². The Labute approximate surface area is 196 Å². The fraction of sp³-hybridized carbons (Fsp3) is 0.320. The van der Waals surface area contributed by atoms with Crippen molar-refractivity contribution in [3.8, 4) is 5.69 Å². The molecular formula is C25H24FN7O. The number of halogens is 1. The second kappa shape index (κ2) is 8.52. The van der Waals surface area contributed by atoms with Crippen LogP contribution in [0, 0.1) is 5.82 Å². The third-order valence-electron chi connectivity index (χ3n) is 6.51. The van der Waals surface area contributed by atoms with Gasteiger partial charge in [0, 0.05) is 24.4 Å². The van der Waals surface area contributed by atoms with Crippen LogP contribution in [0.4, 0.5) is 10.2 Å². The largest absolute Gasteiger partial charge is 0.317 e. The minimum Gasteiger partial charge on any atom is -0.317 e. The fourth-order valence-corrected chi connectivity index (χ4v) is 4.47. The number of hydrazone groups is 1. The molecule has 4 heterocycles. The second-order valence-electron chi connectivity index (χ2n) is 8.90. The van der Waals surface area contributed by atoms with Gasteiger partial charge in [-0.1, -0.05) is 11.8 Å². The molecule has 9 heteroatoms. The Morgan fingerprint density at radius 2 is 2.00 bits per heavy atom. The van der Waals surface area contributed by atoms with E-state index < -0.39 is 5.91 Å². The molecule has 6 rings (SSSR count). The Morgan fingerprint density at radius 1 is 1.15 bits per heavy atom. The van der Waals surface area contributed by atoms with Crippen LogP contribution in [-0.2, 0) is 4.79 Å². The van der Waals surface area contributed by atoms with Gasteiger partial charge in [0.15, 0.2) is 5.82 Å². The normalized spacial score (nSPS) is 19.6. The van der Waals surface area contributed by atoms with Gasteiger partial charge in [0.2, 0.25) is 0 Å². The topological polar surface area (TPSA) is 86.9 Å². The van der Waals surface area contributed by atoms with Crippen LogP contribution in [0.1, 0.15) is 48.8 Å². The number of hydrogen-bond donors (Lipinski definition) is 2. The molecule has 4 aliphatic rings. The van der Waals surface area contributed by atoms with E-state index >= 15 is 4.39 Å². The van der Waals surface area contributed by atoms with E-state index in [1.165, 1.54) is 15.9 Å². The summed E-state index contributed by atoms with van der Waals surface area (Å²) < 4.78 is 16.7. The molecule has 0 bridgehead atoms. The second-order valence-corrected chi connectivity index (χ2v) is 8.90. The average Bonchev–Trinajstić information content (AvgIpc) is 3.65. The van der Waals surface area contributed by atoms with E-state index in [0.717, 1.165) is 50.0 Å². The van der Waals surface area contributed by atoms with Crippen LogP contribution >= 0.6 is 0 Å². The zero-order chi connectivity index (χ0) is 23.1. The molecule has 1 saturated heterocycles. The summed E-state index contributed by atoms with van der Waals surface area (Å²) in [5.41, 5.74) is 5.39. The number of hydrogen-bond acceptors (Lipinski definition) is 6. The Balaban J connectivity index is 1.35. The number of carbonyl (C=O) groups is 1. The van der Waals surface area contributed by atoms with Crippen molar-refractivity contribution in [2.75, 3.05) is 18.4 Å². The highest BCUT2D eigenvalue weighted by Crippen LogP contribution is 2.41. The number of carbonyl (C=O) groups excluding carboxylic acids is 1. The van der Waals surface area contributed by atoms with Crippen molar-refractivity contribution >= 4 is 24.2 Å². The molecule has 2 aromatic rings. The lowest BCUT2D eigenvalue weighted by Gasteiger charge is -2.20. The molecule has 1 saturated carbocycles. The molecule has 2 fully saturated rings. The van der Waals surface area contributed by atoms with Crippen LogP contribution in [0.5, 0.6) is 0 Å². The number of fused-ring (bicyclic) bond motifs is 1. The van der Waals surface area contributed by atoms with Crippen LogP contribution in [0.25, 0.3) is 5.69 Å².